The van der Waals surface area contributed by atoms with Gasteiger partial charge in [0.25, 0.3) is 0 Å². The van der Waals surface area contributed by atoms with Crippen molar-refractivity contribution in [3.8, 4) is 0 Å². The summed E-state index contributed by atoms with van der Waals surface area (Å²) in [6.07, 6.45) is 0.283. The van der Waals surface area contributed by atoms with Crippen LogP contribution in [0.25, 0.3) is 0 Å². The lowest BCUT2D eigenvalue weighted by molar-refractivity contribution is -0.132. The average Bonchev–Trinajstić information content (AvgIpc) is 2.38. The van der Waals surface area contributed by atoms with E-state index in [1.54, 1.807) is 13.8 Å². The molecule has 0 radical (unpaired) electrons. The third kappa shape index (κ3) is 7.69. The zero-order chi connectivity index (χ0) is 16.6. The van der Waals surface area contributed by atoms with Crippen molar-refractivity contribution in [2.24, 2.45) is 11.7 Å². The van der Waals surface area contributed by atoms with Gasteiger partial charge in [0.1, 0.15) is 17.9 Å². The molecule has 7 nitrogen and oxygen atoms in total. The molecule has 0 aliphatic heterocycles. The van der Waals surface area contributed by atoms with E-state index in [0.29, 0.717) is 0 Å². The molecule has 8 heteroatoms. The maximum atomic E-state index is 12.2. The monoisotopic (exact) mass is 317 g/mol. The smallest absolute Gasteiger partial charge is 0.243 e. The lowest BCUT2D eigenvalue weighted by Crippen LogP contribution is -2.55. The number of amides is 3. The predicted molar refractivity (Wildman–Crippen MR) is 81.7 cm³/mol. The Hall–Kier alpha value is -1.57. The second-order valence-corrected chi connectivity index (χ2v) is 5.47. The molecular weight excluding hydrogens is 294 g/mol. The number of primary amides is 1. The van der Waals surface area contributed by atoms with E-state index in [-0.39, 0.29) is 36.2 Å². The molecule has 0 fully saturated rings. The van der Waals surface area contributed by atoms with Crippen LogP contribution in [-0.4, -0.2) is 41.3 Å². The van der Waals surface area contributed by atoms with Gasteiger partial charge in [-0.3, -0.25) is 14.4 Å². The van der Waals surface area contributed by atoms with Gasteiger partial charge in [-0.25, -0.2) is 0 Å². The van der Waals surface area contributed by atoms with Gasteiger partial charge in [-0.1, -0.05) is 13.8 Å². The molecule has 3 amide bonds. The number of carbonyl (C=O) groups excluding carboxylic acids is 4. The molecule has 0 aromatic rings. The van der Waals surface area contributed by atoms with Crippen molar-refractivity contribution in [3.05, 3.63) is 0 Å². The van der Waals surface area contributed by atoms with Gasteiger partial charge in [0.2, 0.25) is 17.7 Å². The number of carbonyl (C=O) groups is 4. The SMILES string of the molecule is CC(=O)CC[C@H](NC(=O)[C@@H](NC(=O)CS)C(C)C)C(N)=O. The van der Waals surface area contributed by atoms with Crippen molar-refractivity contribution >= 4 is 36.1 Å². The van der Waals surface area contributed by atoms with Crippen LogP contribution in [0.3, 0.4) is 0 Å². The Morgan fingerprint density at radius 2 is 1.71 bits per heavy atom. The Labute approximate surface area is 129 Å². The molecule has 0 aliphatic carbocycles. The topological polar surface area (TPSA) is 118 Å². The number of hydrogen-bond acceptors (Lipinski definition) is 5. The minimum atomic E-state index is -0.935. The third-order valence-electron chi connectivity index (χ3n) is 2.85. The van der Waals surface area contributed by atoms with Crippen LogP contribution in [0.4, 0.5) is 0 Å². The largest absolute Gasteiger partial charge is 0.368 e. The highest BCUT2D eigenvalue weighted by molar-refractivity contribution is 7.81. The van der Waals surface area contributed by atoms with Crippen LogP contribution < -0.4 is 16.4 Å². The standard InChI is InChI=1S/C13H23N3O4S/c1-7(2)11(16-10(18)6-21)13(20)15-9(12(14)19)5-4-8(3)17/h7,9,11,21H,4-6H2,1-3H3,(H2,14,19)(H,15,20)(H,16,18)/t9-,11-/m0/s1. The molecule has 21 heavy (non-hydrogen) atoms. The van der Waals surface area contributed by atoms with Gasteiger partial charge < -0.3 is 21.2 Å². The molecule has 0 rings (SSSR count). The molecule has 0 saturated carbocycles. The molecule has 0 unspecified atom stereocenters. The summed E-state index contributed by atoms with van der Waals surface area (Å²) in [6.45, 7) is 4.92. The van der Waals surface area contributed by atoms with E-state index in [4.69, 9.17) is 5.73 Å². The molecule has 0 aliphatic rings. The molecular formula is C13H23N3O4S. The summed E-state index contributed by atoms with van der Waals surface area (Å²) in [4.78, 5) is 45.8. The summed E-state index contributed by atoms with van der Waals surface area (Å²) in [5.41, 5.74) is 5.21. The molecule has 0 bridgehead atoms. The Kier molecular flexibility index (Phi) is 8.68. The summed E-state index contributed by atoms with van der Waals surface area (Å²) in [5.74, 6) is -1.92. The highest BCUT2D eigenvalue weighted by atomic mass is 32.1. The quantitative estimate of drug-likeness (QED) is 0.424. The van der Waals surface area contributed by atoms with Crippen LogP contribution in [-0.2, 0) is 19.2 Å². The van der Waals surface area contributed by atoms with E-state index >= 15 is 0 Å². The highest BCUT2D eigenvalue weighted by Gasteiger charge is 2.27. The maximum absolute atomic E-state index is 12.2. The summed E-state index contributed by atoms with van der Waals surface area (Å²) in [7, 11) is 0. The van der Waals surface area contributed by atoms with E-state index in [1.165, 1.54) is 6.92 Å². The number of nitrogens with one attached hydrogen (secondary N) is 2. The van der Waals surface area contributed by atoms with E-state index < -0.39 is 23.9 Å². The zero-order valence-corrected chi connectivity index (χ0v) is 13.4. The number of rotatable bonds is 9. The fraction of sp³-hybridized carbons (Fsp3) is 0.692. The van der Waals surface area contributed by atoms with Crippen molar-refractivity contribution in [2.75, 3.05) is 5.75 Å². The Morgan fingerprint density at radius 3 is 2.10 bits per heavy atom. The Bertz CT molecular complexity index is 412. The van der Waals surface area contributed by atoms with E-state index in [2.05, 4.69) is 23.3 Å². The van der Waals surface area contributed by atoms with Crippen molar-refractivity contribution in [2.45, 2.75) is 45.7 Å². The van der Waals surface area contributed by atoms with Gasteiger partial charge in [0.15, 0.2) is 0 Å². The van der Waals surface area contributed by atoms with Gasteiger partial charge in [-0.05, 0) is 19.3 Å². The summed E-state index contributed by atoms with van der Waals surface area (Å²) < 4.78 is 0. The number of Topliss-reactive ketones (excluding diaryl/α,β-unsaturated/α-hetero) is 1. The highest BCUT2D eigenvalue weighted by Crippen LogP contribution is 2.05. The molecule has 0 heterocycles. The number of nitrogens with two attached hydrogens (primary N) is 1. The molecule has 4 N–H and O–H groups in total. The van der Waals surface area contributed by atoms with Crippen LogP contribution in [0.1, 0.15) is 33.6 Å². The van der Waals surface area contributed by atoms with Crippen molar-refractivity contribution in [1.29, 1.82) is 0 Å². The van der Waals surface area contributed by atoms with Crippen LogP contribution in [0.2, 0.25) is 0 Å². The van der Waals surface area contributed by atoms with E-state index in [1.807, 2.05) is 0 Å². The second kappa shape index (κ2) is 9.38. The molecule has 0 aromatic carbocycles. The third-order valence-corrected chi connectivity index (χ3v) is 3.14. The first-order valence-corrected chi connectivity index (χ1v) is 7.31. The zero-order valence-electron chi connectivity index (χ0n) is 12.5. The Morgan fingerprint density at radius 1 is 1.14 bits per heavy atom. The second-order valence-electron chi connectivity index (χ2n) is 5.15. The number of thiol groups is 1. The summed E-state index contributed by atoms with van der Waals surface area (Å²) in [6, 6.07) is -1.72. The van der Waals surface area contributed by atoms with Gasteiger partial charge in [0, 0.05) is 6.42 Å². The minimum Gasteiger partial charge on any atom is -0.368 e. The molecule has 0 aromatic heterocycles. The lowest BCUT2D eigenvalue weighted by atomic mass is 10.0. The van der Waals surface area contributed by atoms with Gasteiger partial charge in [0.05, 0.1) is 5.75 Å². The van der Waals surface area contributed by atoms with Crippen LogP contribution in [0, 0.1) is 5.92 Å². The molecule has 0 saturated heterocycles. The molecule has 0 spiro atoms. The van der Waals surface area contributed by atoms with Crippen LogP contribution in [0.5, 0.6) is 0 Å². The Balaban J connectivity index is 4.79. The van der Waals surface area contributed by atoms with Crippen molar-refractivity contribution in [3.63, 3.8) is 0 Å². The van der Waals surface area contributed by atoms with Crippen LogP contribution >= 0.6 is 12.6 Å². The fourth-order valence-electron chi connectivity index (χ4n) is 1.65. The van der Waals surface area contributed by atoms with Crippen molar-refractivity contribution in [1.82, 2.24) is 10.6 Å². The fourth-order valence-corrected chi connectivity index (χ4v) is 1.74. The predicted octanol–water partition coefficient (Wildman–Crippen LogP) is -0.604. The van der Waals surface area contributed by atoms with Crippen molar-refractivity contribution < 1.29 is 19.2 Å². The summed E-state index contributed by atoms with van der Waals surface area (Å²) >= 11 is 3.83. The normalized spacial score (nSPS) is 13.4. The number of ketones is 1. The first kappa shape index (κ1) is 19.4. The van der Waals surface area contributed by atoms with Gasteiger partial charge in [-0.15, -0.1) is 0 Å². The molecule has 2 atom stereocenters. The average molecular weight is 317 g/mol. The van der Waals surface area contributed by atoms with E-state index in [0.717, 1.165) is 0 Å². The summed E-state index contributed by atoms with van der Waals surface area (Å²) in [5, 5.41) is 5.01. The van der Waals surface area contributed by atoms with Gasteiger partial charge >= 0.3 is 0 Å². The van der Waals surface area contributed by atoms with E-state index in [9.17, 15) is 19.2 Å². The first-order chi connectivity index (χ1) is 9.68. The first-order valence-electron chi connectivity index (χ1n) is 6.68. The molecule has 120 valence electrons. The number of hydrogen-bond donors (Lipinski definition) is 4. The maximum Gasteiger partial charge on any atom is 0.243 e. The van der Waals surface area contributed by atoms with Gasteiger partial charge in [-0.2, -0.15) is 12.6 Å². The van der Waals surface area contributed by atoms with Crippen LogP contribution in [0.15, 0.2) is 0 Å². The lowest BCUT2D eigenvalue weighted by Gasteiger charge is -2.24. The minimum absolute atomic E-state index is 0.0416.